The molecule has 458 valence electrons. The molecule has 0 atom stereocenters. The van der Waals surface area contributed by atoms with Gasteiger partial charge in [-0.25, -0.2) is 28.2 Å². The van der Waals surface area contributed by atoms with Gasteiger partial charge in [0.05, 0.1) is 22.8 Å². The van der Waals surface area contributed by atoms with Crippen LogP contribution in [-0.2, 0) is 28.2 Å². The third-order valence-corrected chi connectivity index (χ3v) is 15.5. The summed E-state index contributed by atoms with van der Waals surface area (Å²) < 4.78 is 56.7. The first-order chi connectivity index (χ1) is 45.2. The molecule has 2 N–H and O–H groups in total. The standard InChI is InChI=1S/C76H70N8O8/c1-81-37-5-9-61(49-81)89-45-41-85-57-21-13-53(14-22-57)73-65-29-31-67(77-65)74(54-15-23-58(24-16-54)86-42-46-90-62-10-6-38-82(2)50-62)69-33-35-71(79-69)76(56-19-27-60(28-20-56)88-44-48-92-64-12-8-40-84(4)52-64)72-36-34-70(80-72)75(68-32-30-66(73)78-68)55-17-25-59(26-18-55)87-43-47-91-63-11-7-39-83(3)51-63/h5-40,49-52,77,80H,41-48H2,1-4H3/q+4. The summed E-state index contributed by atoms with van der Waals surface area (Å²) in [4.78, 5) is 18.9. The zero-order chi connectivity index (χ0) is 62.6. The second kappa shape index (κ2) is 27.9. The molecule has 0 amide bonds. The van der Waals surface area contributed by atoms with E-state index in [-0.39, 0.29) is 0 Å². The molecule has 13 rings (SSSR count). The fourth-order valence-electron chi connectivity index (χ4n) is 11.2. The van der Waals surface area contributed by atoms with Crippen molar-refractivity contribution in [3.63, 3.8) is 0 Å². The molecular weight excluding hydrogens is 1150 g/mol. The summed E-state index contributed by atoms with van der Waals surface area (Å²) in [5, 5.41) is 0. The summed E-state index contributed by atoms with van der Waals surface area (Å²) in [5.41, 5.74) is 13.9. The molecule has 2 aliphatic rings. The molecule has 0 spiro atoms. The molecule has 8 bridgehead atoms. The van der Waals surface area contributed by atoms with Crippen molar-refractivity contribution in [1.29, 1.82) is 0 Å². The predicted molar refractivity (Wildman–Crippen MR) is 355 cm³/mol. The van der Waals surface area contributed by atoms with Gasteiger partial charge in [-0.2, -0.15) is 0 Å². The second-order valence-corrected chi connectivity index (χ2v) is 22.2. The number of hydrogen-bond donors (Lipinski definition) is 2. The van der Waals surface area contributed by atoms with Crippen LogP contribution in [0.3, 0.4) is 0 Å². The van der Waals surface area contributed by atoms with Gasteiger partial charge in [-0.15, -0.1) is 0 Å². The number of aromatic amines is 2. The van der Waals surface area contributed by atoms with Gasteiger partial charge >= 0.3 is 0 Å². The Bertz CT molecular complexity index is 4060. The van der Waals surface area contributed by atoms with Gasteiger partial charge in [-0.3, -0.25) is 0 Å². The first kappa shape index (κ1) is 59.4. The summed E-state index contributed by atoms with van der Waals surface area (Å²) in [7, 11) is 7.87. The minimum Gasteiger partial charge on any atom is -0.490 e. The van der Waals surface area contributed by atoms with Crippen LogP contribution in [0, 0.1) is 0 Å². The van der Waals surface area contributed by atoms with Crippen LogP contribution < -0.4 is 56.2 Å². The molecule has 2 aliphatic heterocycles. The summed E-state index contributed by atoms with van der Waals surface area (Å²) in [5.74, 6) is 5.98. The Balaban J connectivity index is 0.906. The lowest BCUT2D eigenvalue weighted by Crippen LogP contribution is -2.26. The van der Waals surface area contributed by atoms with Gasteiger partial charge in [-0.05, 0) is 144 Å². The zero-order valence-electron chi connectivity index (χ0n) is 51.7. The second-order valence-electron chi connectivity index (χ2n) is 22.2. The zero-order valence-corrected chi connectivity index (χ0v) is 51.7. The predicted octanol–water partition coefficient (Wildman–Crippen LogP) is 12.5. The lowest BCUT2D eigenvalue weighted by Gasteiger charge is -2.10. The van der Waals surface area contributed by atoms with E-state index in [9.17, 15) is 0 Å². The average Bonchev–Trinajstić information content (AvgIpc) is 1.63. The molecule has 0 aliphatic carbocycles. The van der Waals surface area contributed by atoms with Crippen LogP contribution in [0.2, 0.25) is 0 Å². The molecule has 0 radical (unpaired) electrons. The first-order valence-corrected chi connectivity index (χ1v) is 30.6. The Morgan fingerprint density at radius 3 is 0.674 bits per heavy atom. The number of benzene rings is 4. The third kappa shape index (κ3) is 14.5. The van der Waals surface area contributed by atoms with E-state index in [4.69, 9.17) is 47.9 Å². The Morgan fingerprint density at radius 1 is 0.261 bits per heavy atom. The normalized spacial score (nSPS) is 11.5. The van der Waals surface area contributed by atoms with E-state index in [2.05, 4.69) is 107 Å². The van der Waals surface area contributed by atoms with Crippen LogP contribution in [0.1, 0.15) is 22.8 Å². The number of H-pyrrole nitrogens is 2. The Morgan fingerprint density at radius 2 is 0.467 bits per heavy atom. The topological polar surface area (TPSA) is 147 Å². The maximum atomic E-state index is 6.24. The van der Waals surface area contributed by atoms with E-state index >= 15 is 0 Å². The van der Waals surface area contributed by atoms with Crippen LogP contribution in [0.5, 0.6) is 46.0 Å². The minimum atomic E-state index is 0.368. The fourth-order valence-corrected chi connectivity index (χ4v) is 11.2. The number of nitrogens with zero attached hydrogens (tertiary/aromatic N) is 6. The van der Waals surface area contributed by atoms with Gasteiger partial charge in [0.25, 0.3) is 0 Å². The van der Waals surface area contributed by atoms with Gasteiger partial charge in [0.2, 0.25) is 24.8 Å². The molecule has 16 nitrogen and oxygen atoms in total. The molecular formula is C76H70N8O8+4. The van der Waals surface area contributed by atoms with E-state index in [0.29, 0.717) is 52.9 Å². The number of rotatable bonds is 24. The number of aryl methyl sites for hydroxylation is 4. The highest BCUT2D eigenvalue weighted by atomic mass is 16.5. The highest BCUT2D eigenvalue weighted by Gasteiger charge is 2.20. The molecule has 7 aromatic heterocycles. The maximum absolute atomic E-state index is 6.24. The SMILES string of the molecule is C[n+]1cccc(OCCOc2ccc(-c3c4nc(c(-c5ccc(OCCOc6ccc[n+](C)c6)cc5)c5ccc([nH]5)c(-c5ccc(OCCOc6ccc[n+](C)c6)cc5)c5nc(c(-c6ccc(OCCOc7ccc[n+](C)c7)cc6)c6ccc3[nH]6)C=C5)C=C4)cc2)c1. The van der Waals surface area contributed by atoms with Crippen LogP contribution in [0.25, 0.3) is 90.9 Å². The van der Waals surface area contributed by atoms with Gasteiger partial charge in [0.1, 0.15) is 104 Å². The van der Waals surface area contributed by atoms with Gasteiger partial charge in [0, 0.05) is 68.6 Å². The Hall–Kier alpha value is -11.5. The smallest absolute Gasteiger partial charge is 0.210 e. The third-order valence-electron chi connectivity index (χ3n) is 15.5. The summed E-state index contributed by atoms with van der Waals surface area (Å²) in [6, 6.07) is 56.7. The highest BCUT2D eigenvalue weighted by Crippen LogP contribution is 2.40. The van der Waals surface area contributed by atoms with Crippen LogP contribution in [0.4, 0.5) is 0 Å². The van der Waals surface area contributed by atoms with Crippen molar-refractivity contribution in [1.82, 2.24) is 19.9 Å². The number of ether oxygens (including phenoxy) is 8. The lowest BCUT2D eigenvalue weighted by atomic mass is 10.0. The monoisotopic (exact) mass is 1220 g/mol. The number of fused-ring (bicyclic) bond motifs is 8. The van der Waals surface area contributed by atoms with Crippen LogP contribution in [-0.4, -0.2) is 72.8 Å². The fraction of sp³-hybridized carbons (Fsp3) is 0.158. The van der Waals surface area contributed by atoms with Crippen molar-refractivity contribution >= 4 is 46.4 Å². The van der Waals surface area contributed by atoms with E-state index in [0.717, 1.165) is 135 Å². The van der Waals surface area contributed by atoms with Crippen molar-refractivity contribution in [2.45, 2.75) is 0 Å². The lowest BCUT2D eigenvalue weighted by molar-refractivity contribution is -0.671. The minimum absolute atomic E-state index is 0.368. The molecule has 11 aromatic rings. The van der Waals surface area contributed by atoms with Crippen LogP contribution >= 0.6 is 0 Å². The van der Waals surface area contributed by atoms with E-state index in [1.54, 1.807) is 0 Å². The van der Waals surface area contributed by atoms with Crippen molar-refractivity contribution in [3.8, 4) is 90.5 Å². The van der Waals surface area contributed by atoms with Crippen molar-refractivity contribution < 1.29 is 56.2 Å². The molecule has 0 saturated heterocycles. The number of pyridine rings is 4. The van der Waals surface area contributed by atoms with E-state index in [1.807, 2.05) is 193 Å². The van der Waals surface area contributed by atoms with Crippen LogP contribution in [0.15, 0.2) is 219 Å². The summed E-state index contributed by atoms with van der Waals surface area (Å²) in [6.07, 6.45) is 24.0. The Kier molecular flexibility index (Phi) is 18.0. The van der Waals surface area contributed by atoms with Crippen molar-refractivity contribution in [3.05, 3.63) is 242 Å². The highest BCUT2D eigenvalue weighted by molar-refractivity contribution is 6.00. The molecule has 0 unspecified atom stereocenters. The molecule has 92 heavy (non-hydrogen) atoms. The van der Waals surface area contributed by atoms with Gasteiger partial charge in [-0.1, -0.05) is 48.5 Å². The van der Waals surface area contributed by atoms with Gasteiger partial charge in [0.15, 0.2) is 47.8 Å². The molecule has 9 heterocycles. The summed E-state index contributed by atoms with van der Waals surface area (Å²) >= 11 is 0. The maximum Gasteiger partial charge on any atom is 0.210 e. The summed E-state index contributed by atoms with van der Waals surface area (Å²) in [6.45, 7) is 3.03. The van der Waals surface area contributed by atoms with Gasteiger partial charge < -0.3 is 47.9 Å². The Labute approximate surface area is 533 Å². The van der Waals surface area contributed by atoms with Crippen molar-refractivity contribution in [2.75, 3.05) is 52.9 Å². The largest absolute Gasteiger partial charge is 0.490 e. The number of nitrogens with one attached hydrogen (secondary N) is 2. The van der Waals surface area contributed by atoms with Crippen molar-refractivity contribution in [2.24, 2.45) is 28.2 Å². The first-order valence-electron chi connectivity index (χ1n) is 30.6. The quantitative estimate of drug-likeness (QED) is 0.0443. The molecule has 0 fully saturated rings. The molecule has 16 heteroatoms. The number of hydrogen-bond acceptors (Lipinski definition) is 10. The molecule has 0 saturated carbocycles. The number of aromatic nitrogens is 8. The van der Waals surface area contributed by atoms with E-state index in [1.165, 1.54) is 0 Å². The molecule has 4 aromatic carbocycles. The van der Waals surface area contributed by atoms with E-state index < -0.39 is 0 Å². The average molecular weight is 1220 g/mol.